The Kier molecular flexibility index (Phi) is 3.67. The third-order valence-electron chi connectivity index (χ3n) is 2.71. The summed E-state index contributed by atoms with van der Waals surface area (Å²) in [6.07, 6.45) is 1.10. The average molecular weight is 290 g/mol. The standard InChI is InChI=1S/C11H14BrClN2/c12-11-2-1-9(13)5-8(11)6-15-4-3-10(14)7-15/h1-2,5,10H,3-4,6-7,14H2/t10-/m0/s1. The molecular weight excluding hydrogens is 275 g/mol. The predicted octanol–water partition coefficient (Wildman–Crippen LogP) is 2.64. The number of likely N-dealkylation sites (tertiary alicyclic amines) is 1. The molecule has 1 aromatic carbocycles. The van der Waals surface area contributed by atoms with Crippen LogP contribution in [0.15, 0.2) is 22.7 Å². The van der Waals surface area contributed by atoms with Gasteiger partial charge in [-0.1, -0.05) is 27.5 Å². The summed E-state index contributed by atoms with van der Waals surface area (Å²) in [7, 11) is 0. The van der Waals surface area contributed by atoms with Crippen LogP contribution in [-0.2, 0) is 6.54 Å². The summed E-state index contributed by atoms with van der Waals surface area (Å²) in [5.74, 6) is 0. The van der Waals surface area contributed by atoms with Crippen LogP contribution in [0.25, 0.3) is 0 Å². The van der Waals surface area contributed by atoms with E-state index in [1.54, 1.807) is 0 Å². The Morgan fingerprint density at radius 3 is 3.00 bits per heavy atom. The lowest BCUT2D eigenvalue weighted by atomic mass is 10.2. The van der Waals surface area contributed by atoms with E-state index in [0.29, 0.717) is 6.04 Å². The normalized spacial score (nSPS) is 22.2. The molecule has 1 saturated heterocycles. The maximum Gasteiger partial charge on any atom is 0.0410 e. The molecule has 2 nitrogen and oxygen atoms in total. The summed E-state index contributed by atoms with van der Waals surface area (Å²) in [4.78, 5) is 2.36. The van der Waals surface area contributed by atoms with Gasteiger partial charge >= 0.3 is 0 Å². The van der Waals surface area contributed by atoms with E-state index in [0.717, 1.165) is 35.6 Å². The lowest BCUT2D eigenvalue weighted by Crippen LogP contribution is -2.26. The smallest absolute Gasteiger partial charge is 0.0410 e. The van der Waals surface area contributed by atoms with Gasteiger partial charge in [0.15, 0.2) is 0 Å². The Hall–Kier alpha value is -0.0900. The van der Waals surface area contributed by atoms with Gasteiger partial charge in [-0.3, -0.25) is 4.90 Å². The monoisotopic (exact) mass is 288 g/mol. The quantitative estimate of drug-likeness (QED) is 0.907. The summed E-state index contributed by atoms with van der Waals surface area (Å²) in [5.41, 5.74) is 7.10. The predicted molar refractivity (Wildman–Crippen MR) is 67.0 cm³/mol. The van der Waals surface area contributed by atoms with E-state index >= 15 is 0 Å². The molecule has 0 aliphatic carbocycles. The second-order valence-corrected chi connectivity index (χ2v) is 5.31. The number of rotatable bonds is 2. The van der Waals surface area contributed by atoms with E-state index in [2.05, 4.69) is 20.8 Å². The molecule has 0 saturated carbocycles. The number of nitrogens with zero attached hydrogens (tertiary/aromatic N) is 1. The van der Waals surface area contributed by atoms with Crippen molar-refractivity contribution >= 4 is 27.5 Å². The Balaban J connectivity index is 2.07. The van der Waals surface area contributed by atoms with Gasteiger partial charge < -0.3 is 5.73 Å². The summed E-state index contributed by atoms with van der Waals surface area (Å²) in [5, 5.41) is 0.789. The molecule has 0 unspecified atom stereocenters. The number of nitrogens with two attached hydrogens (primary N) is 1. The van der Waals surface area contributed by atoms with Gasteiger partial charge in [-0.25, -0.2) is 0 Å². The molecule has 1 atom stereocenters. The van der Waals surface area contributed by atoms with Crippen LogP contribution >= 0.6 is 27.5 Å². The zero-order valence-electron chi connectivity index (χ0n) is 8.42. The molecule has 15 heavy (non-hydrogen) atoms. The summed E-state index contributed by atoms with van der Waals surface area (Å²) < 4.78 is 1.12. The highest BCUT2D eigenvalue weighted by molar-refractivity contribution is 9.10. The van der Waals surface area contributed by atoms with Crippen LogP contribution in [0, 0.1) is 0 Å². The summed E-state index contributed by atoms with van der Waals surface area (Å²) >= 11 is 9.50. The highest BCUT2D eigenvalue weighted by Gasteiger charge is 2.19. The molecule has 0 aromatic heterocycles. The van der Waals surface area contributed by atoms with Gasteiger partial charge in [0, 0.05) is 35.2 Å². The lowest BCUT2D eigenvalue weighted by molar-refractivity contribution is 0.326. The topological polar surface area (TPSA) is 29.3 Å². The molecule has 1 aromatic rings. The molecule has 0 bridgehead atoms. The van der Waals surface area contributed by atoms with Gasteiger partial charge in [0.05, 0.1) is 0 Å². The van der Waals surface area contributed by atoms with E-state index in [-0.39, 0.29) is 0 Å². The fourth-order valence-electron chi connectivity index (χ4n) is 1.91. The Morgan fingerprint density at radius 2 is 2.33 bits per heavy atom. The van der Waals surface area contributed by atoms with Crippen LogP contribution in [0.5, 0.6) is 0 Å². The van der Waals surface area contributed by atoms with Gasteiger partial charge in [-0.15, -0.1) is 0 Å². The molecular formula is C11H14BrClN2. The van der Waals surface area contributed by atoms with Crippen molar-refractivity contribution in [3.05, 3.63) is 33.3 Å². The highest BCUT2D eigenvalue weighted by atomic mass is 79.9. The molecule has 1 aliphatic heterocycles. The van der Waals surface area contributed by atoms with Gasteiger partial charge in [0.2, 0.25) is 0 Å². The average Bonchev–Trinajstić information content (AvgIpc) is 2.58. The number of halogens is 2. The van der Waals surface area contributed by atoms with Crippen molar-refractivity contribution < 1.29 is 0 Å². The Morgan fingerprint density at radius 1 is 1.53 bits per heavy atom. The zero-order valence-corrected chi connectivity index (χ0v) is 10.8. The van der Waals surface area contributed by atoms with Crippen LogP contribution in [0.4, 0.5) is 0 Å². The van der Waals surface area contributed by atoms with Gasteiger partial charge in [0.25, 0.3) is 0 Å². The first kappa shape index (κ1) is 11.4. The molecule has 4 heteroatoms. The third kappa shape index (κ3) is 2.94. The second-order valence-electron chi connectivity index (χ2n) is 4.02. The molecule has 1 fully saturated rings. The first-order valence-corrected chi connectivity index (χ1v) is 6.24. The first-order chi connectivity index (χ1) is 7.15. The molecule has 0 radical (unpaired) electrons. The minimum absolute atomic E-state index is 0.336. The maximum absolute atomic E-state index is 5.97. The summed E-state index contributed by atoms with van der Waals surface area (Å²) in [6, 6.07) is 6.23. The van der Waals surface area contributed by atoms with Gasteiger partial charge in [0.1, 0.15) is 0 Å². The largest absolute Gasteiger partial charge is 0.326 e. The fourth-order valence-corrected chi connectivity index (χ4v) is 2.48. The maximum atomic E-state index is 5.97. The van der Waals surface area contributed by atoms with Gasteiger partial charge in [-0.2, -0.15) is 0 Å². The third-order valence-corrected chi connectivity index (χ3v) is 3.72. The van der Waals surface area contributed by atoms with E-state index in [9.17, 15) is 0 Å². The Bertz CT molecular complexity index is 356. The number of benzene rings is 1. The molecule has 2 rings (SSSR count). The molecule has 82 valence electrons. The van der Waals surface area contributed by atoms with Crippen LogP contribution < -0.4 is 5.73 Å². The van der Waals surface area contributed by atoms with Crippen LogP contribution in [-0.4, -0.2) is 24.0 Å². The number of hydrogen-bond donors (Lipinski definition) is 1. The highest BCUT2D eigenvalue weighted by Crippen LogP contribution is 2.23. The van der Waals surface area contributed by atoms with Crippen molar-refractivity contribution in [3.63, 3.8) is 0 Å². The fraction of sp³-hybridized carbons (Fsp3) is 0.455. The molecule has 0 spiro atoms. The van der Waals surface area contributed by atoms with E-state index in [1.807, 2.05) is 18.2 Å². The van der Waals surface area contributed by atoms with Crippen molar-refractivity contribution in [2.24, 2.45) is 5.73 Å². The minimum atomic E-state index is 0.336. The second kappa shape index (κ2) is 4.83. The first-order valence-electron chi connectivity index (χ1n) is 5.07. The van der Waals surface area contributed by atoms with Crippen molar-refractivity contribution in [2.45, 2.75) is 19.0 Å². The van der Waals surface area contributed by atoms with Crippen LogP contribution in [0.2, 0.25) is 5.02 Å². The van der Waals surface area contributed by atoms with E-state index in [4.69, 9.17) is 17.3 Å². The van der Waals surface area contributed by atoms with E-state index in [1.165, 1.54) is 5.56 Å². The molecule has 1 heterocycles. The molecule has 1 aliphatic rings. The Labute approximate surface area is 104 Å². The molecule has 2 N–H and O–H groups in total. The minimum Gasteiger partial charge on any atom is -0.326 e. The van der Waals surface area contributed by atoms with Crippen molar-refractivity contribution in [3.8, 4) is 0 Å². The van der Waals surface area contributed by atoms with Crippen molar-refractivity contribution in [2.75, 3.05) is 13.1 Å². The van der Waals surface area contributed by atoms with E-state index < -0.39 is 0 Å². The van der Waals surface area contributed by atoms with Gasteiger partial charge in [-0.05, 0) is 30.2 Å². The summed E-state index contributed by atoms with van der Waals surface area (Å²) in [6.45, 7) is 2.99. The number of hydrogen-bond acceptors (Lipinski definition) is 2. The van der Waals surface area contributed by atoms with Crippen LogP contribution in [0.3, 0.4) is 0 Å². The lowest BCUT2D eigenvalue weighted by Gasteiger charge is -2.16. The van der Waals surface area contributed by atoms with Crippen molar-refractivity contribution in [1.82, 2.24) is 4.90 Å². The zero-order chi connectivity index (χ0) is 10.8. The molecule has 0 amide bonds. The SMILES string of the molecule is N[C@H]1CCN(Cc2cc(Cl)ccc2Br)C1. The van der Waals surface area contributed by atoms with Crippen LogP contribution in [0.1, 0.15) is 12.0 Å². The van der Waals surface area contributed by atoms with Crippen molar-refractivity contribution in [1.29, 1.82) is 0 Å².